The SMILES string of the molecule is CC(=O)N(c1cccc(C#N)c1)c1cc(NC(=O)Cc2c(Cl)cccc2Cl)ccn1.CC(=O)N(c1cccc(C#N)c1)c1cc(NC(=O)Cc2ccccc2Cl)ccn1. The second-order valence-electron chi connectivity index (χ2n) is 12.6. The van der Waals surface area contributed by atoms with Gasteiger partial charge in [-0.25, -0.2) is 9.97 Å². The Hall–Kier alpha value is -7.09. The summed E-state index contributed by atoms with van der Waals surface area (Å²) >= 11 is 18.4. The van der Waals surface area contributed by atoms with Crippen molar-refractivity contribution in [3.63, 3.8) is 0 Å². The lowest BCUT2D eigenvalue weighted by molar-refractivity contribution is -0.116. The summed E-state index contributed by atoms with van der Waals surface area (Å²) in [5, 5.41) is 25.1. The fourth-order valence-corrected chi connectivity index (χ4v) is 6.44. The molecule has 0 bridgehead atoms. The van der Waals surface area contributed by atoms with Crippen molar-refractivity contribution >= 4 is 92.8 Å². The molecule has 4 aromatic carbocycles. The van der Waals surface area contributed by atoms with Crippen LogP contribution < -0.4 is 20.4 Å². The maximum absolute atomic E-state index is 12.5. The molecule has 0 aliphatic rings. The summed E-state index contributed by atoms with van der Waals surface area (Å²) in [5.74, 6) is -0.468. The Morgan fingerprint density at radius 3 is 1.47 bits per heavy atom. The van der Waals surface area contributed by atoms with E-state index in [4.69, 9.17) is 45.3 Å². The Bertz CT molecular complexity index is 2600. The fraction of sp³-hybridized carbons (Fsp3) is 0.0909. The molecule has 12 nitrogen and oxygen atoms in total. The molecule has 0 fully saturated rings. The lowest BCUT2D eigenvalue weighted by Gasteiger charge is -2.21. The number of hydrogen-bond donors (Lipinski definition) is 2. The van der Waals surface area contributed by atoms with Crippen LogP contribution in [0.4, 0.5) is 34.4 Å². The summed E-state index contributed by atoms with van der Waals surface area (Å²) < 4.78 is 0. The monoisotopic (exact) mass is 842 g/mol. The van der Waals surface area contributed by atoms with Crippen molar-refractivity contribution in [2.24, 2.45) is 0 Å². The van der Waals surface area contributed by atoms with Crippen LogP contribution in [0.5, 0.6) is 0 Å². The highest BCUT2D eigenvalue weighted by molar-refractivity contribution is 6.36. The number of pyridine rings is 2. The van der Waals surface area contributed by atoms with Crippen LogP contribution in [0.25, 0.3) is 0 Å². The van der Waals surface area contributed by atoms with Gasteiger partial charge in [0.25, 0.3) is 0 Å². The van der Waals surface area contributed by atoms with Gasteiger partial charge in [-0.2, -0.15) is 10.5 Å². The molecule has 59 heavy (non-hydrogen) atoms. The predicted octanol–water partition coefficient (Wildman–Crippen LogP) is 9.60. The van der Waals surface area contributed by atoms with Crippen LogP contribution in [0.2, 0.25) is 15.1 Å². The first-order valence-corrected chi connectivity index (χ1v) is 18.8. The van der Waals surface area contributed by atoms with E-state index in [0.717, 1.165) is 5.56 Å². The van der Waals surface area contributed by atoms with Gasteiger partial charge in [-0.3, -0.25) is 29.0 Å². The molecule has 2 heterocycles. The number of aromatic nitrogens is 2. The first-order valence-electron chi connectivity index (χ1n) is 17.7. The summed E-state index contributed by atoms with van der Waals surface area (Å²) in [6.07, 6.45) is 3.11. The molecule has 0 aliphatic heterocycles. The van der Waals surface area contributed by atoms with Crippen LogP contribution in [0, 0.1) is 22.7 Å². The number of hydrogen-bond acceptors (Lipinski definition) is 8. The van der Waals surface area contributed by atoms with E-state index in [1.807, 2.05) is 12.1 Å². The Balaban J connectivity index is 0.000000224. The number of nitrogens with zero attached hydrogens (tertiary/aromatic N) is 6. The van der Waals surface area contributed by atoms with Gasteiger partial charge in [0.2, 0.25) is 23.6 Å². The average molecular weight is 844 g/mol. The minimum Gasteiger partial charge on any atom is -0.326 e. The highest BCUT2D eigenvalue weighted by Crippen LogP contribution is 2.29. The second kappa shape index (κ2) is 20.4. The van der Waals surface area contributed by atoms with Gasteiger partial charge in [-0.05, 0) is 77.9 Å². The molecule has 0 saturated heterocycles. The third kappa shape index (κ3) is 11.7. The van der Waals surface area contributed by atoms with E-state index in [-0.39, 0.29) is 36.5 Å². The number of nitrogens with one attached hydrogen (secondary N) is 2. The molecule has 0 saturated carbocycles. The van der Waals surface area contributed by atoms with E-state index >= 15 is 0 Å². The number of amides is 4. The maximum Gasteiger partial charge on any atom is 0.229 e. The van der Waals surface area contributed by atoms with Crippen LogP contribution in [-0.2, 0) is 32.0 Å². The Labute approximate surface area is 355 Å². The minimum absolute atomic E-state index is 0.00317. The molecule has 294 valence electrons. The van der Waals surface area contributed by atoms with Gasteiger partial charge < -0.3 is 10.6 Å². The third-order valence-corrected chi connectivity index (χ3v) is 9.40. The lowest BCUT2D eigenvalue weighted by atomic mass is 10.1. The van der Waals surface area contributed by atoms with Crippen molar-refractivity contribution in [2.45, 2.75) is 26.7 Å². The van der Waals surface area contributed by atoms with E-state index in [1.54, 1.807) is 109 Å². The number of benzene rings is 4. The van der Waals surface area contributed by atoms with Crippen molar-refractivity contribution in [1.29, 1.82) is 10.5 Å². The molecular formula is C44H33Cl3N8O4. The predicted molar refractivity (Wildman–Crippen MR) is 229 cm³/mol. The Morgan fingerprint density at radius 1 is 0.576 bits per heavy atom. The first-order chi connectivity index (χ1) is 28.4. The molecule has 15 heteroatoms. The highest BCUT2D eigenvalue weighted by atomic mass is 35.5. The van der Waals surface area contributed by atoms with Gasteiger partial charge in [0.05, 0.1) is 47.5 Å². The fourth-order valence-electron chi connectivity index (χ4n) is 5.70. The zero-order valence-electron chi connectivity index (χ0n) is 31.5. The van der Waals surface area contributed by atoms with Crippen molar-refractivity contribution in [2.75, 3.05) is 20.4 Å². The molecule has 0 radical (unpaired) electrons. The molecule has 0 atom stereocenters. The highest BCUT2D eigenvalue weighted by Gasteiger charge is 2.19. The van der Waals surface area contributed by atoms with Crippen LogP contribution >= 0.6 is 34.8 Å². The topological polar surface area (TPSA) is 172 Å². The zero-order chi connectivity index (χ0) is 42.5. The van der Waals surface area contributed by atoms with E-state index < -0.39 is 0 Å². The van der Waals surface area contributed by atoms with E-state index in [1.165, 1.54) is 36.0 Å². The second-order valence-corrected chi connectivity index (χ2v) is 13.8. The number of carbonyl (C=O) groups is 4. The van der Waals surface area contributed by atoms with Gasteiger partial charge >= 0.3 is 0 Å². The van der Waals surface area contributed by atoms with Gasteiger partial charge in [-0.15, -0.1) is 0 Å². The van der Waals surface area contributed by atoms with Gasteiger partial charge in [0, 0.05) is 64.8 Å². The van der Waals surface area contributed by atoms with Crippen LogP contribution in [-0.4, -0.2) is 33.6 Å². The maximum atomic E-state index is 12.5. The minimum atomic E-state index is -0.317. The molecule has 6 rings (SSSR count). The zero-order valence-corrected chi connectivity index (χ0v) is 33.8. The Kier molecular flexibility index (Phi) is 14.9. The average Bonchev–Trinajstić information content (AvgIpc) is 3.21. The Morgan fingerprint density at radius 2 is 1.02 bits per heavy atom. The molecule has 0 unspecified atom stereocenters. The molecule has 2 N–H and O–H groups in total. The van der Waals surface area contributed by atoms with Gasteiger partial charge in [0.1, 0.15) is 11.6 Å². The molecule has 0 aliphatic carbocycles. The number of carbonyl (C=O) groups excluding carboxylic acids is 4. The van der Waals surface area contributed by atoms with Crippen molar-refractivity contribution in [3.05, 3.63) is 165 Å². The largest absolute Gasteiger partial charge is 0.326 e. The van der Waals surface area contributed by atoms with Gasteiger partial charge in [0.15, 0.2) is 0 Å². The quantitative estimate of drug-likeness (QED) is 0.137. The molecule has 2 aromatic heterocycles. The van der Waals surface area contributed by atoms with Crippen molar-refractivity contribution in [1.82, 2.24) is 9.97 Å². The summed E-state index contributed by atoms with van der Waals surface area (Å²) in [6.45, 7) is 2.80. The molecular weight excluding hydrogens is 811 g/mol. The number of rotatable bonds is 10. The normalized spacial score (nSPS) is 10.2. The summed E-state index contributed by atoms with van der Waals surface area (Å²) in [7, 11) is 0. The summed E-state index contributed by atoms with van der Waals surface area (Å²) in [5.41, 5.74) is 4.07. The van der Waals surface area contributed by atoms with Crippen LogP contribution in [0.15, 0.2) is 128 Å². The summed E-state index contributed by atoms with van der Waals surface area (Å²) in [4.78, 5) is 60.7. The molecule has 0 spiro atoms. The van der Waals surface area contributed by atoms with E-state index in [2.05, 4.69) is 26.7 Å². The van der Waals surface area contributed by atoms with E-state index in [9.17, 15) is 19.2 Å². The van der Waals surface area contributed by atoms with Crippen LogP contribution in [0.1, 0.15) is 36.1 Å². The number of nitriles is 2. The molecule has 4 amide bonds. The smallest absolute Gasteiger partial charge is 0.229 e. The molecule has 6 aromatic rings. The number of halogens is 3. The van der Waals surface area contributed by atoms with Crippen LogP contribution in [0.3, 0.4) is 0 Å². The number of anilines is 6. The van der Waals surface area contributed by atoms with E-state index in [0.29, 0.717) is 66.1 Å². The third-order valence-electron chi connectivity index (χ3n) is 8.32. The van der Waals surface area contributed by atoms with Crippen molar-refractivity contribution in [3.8, 4) is 12.1 Å². The van der Waals surface area contributed by atoms with Crippen molar-refractivity contribution < 1.29 is 19.2 Å². The first kappa shape index (κ1) is 43.0. The lowest BCUT2D eigenvalue weighted by Crippen LogP contribution is -2.24. The van der Waals surface area contributed by atoms with Gasteiger partial charge in [-0.1, -0.05) is 71.2 Å². The standard InChI is InChI=1S/C22H16Cl2N4O2.C22H17ClN4O2/c1-14(29)28(17-5-2-4-15(10-17)13-25)21-11-16(8-9-26-21)27-22(30)12-18-19(23)6-3-7-20(18)24;1-15(28)27(19-7-4-5-16(11-19)14-24)21-13-18(9-10-25-21)26-22(29)12-17-6-2-3-8-20(17)23/h2-11H,12H2,1H3,(H,26,27,30);2-11,13H,12H2,1H3,(H,25,26,29). The summed E-state index contributed by atoms with van der Waals surface area (Å²) in [6, 6.07) is 36.0.